The highest BCUT2D eigenvalue weighted by atomic mass is 32.1. The molecule has 2 unspecified atom stereocenters. The van der Waals surface area contributed by atoms with E-state index in [1.807, 2.05) is 47.7 Å². The Morgan fingerprint density at radius 3 is 2.78 bits per heavy atom. The first-order valence-electron chi connectivity index (χ1n) is 10.7. The first kappa shape index (κ1) is 20.5. The predicted molar refractivity (Wildman–Crippen MR) is 127 cm³/mol. The molecule has 3 aromatic rings. The van der Waals surface area contributed by atoms with Gasteiger partial charge in [-0.05, 0) is 42.0 Å². The monoisotopic (exact) mass is 448 g/mol. The number of benzene rings is 2. The third-order valence-corrected chi connectivity index (χ3v) is 7.26. The lowest BCUT2D eigenvalue weighted by Gasteiger charge is -2.41. The maximum Gasteiger partial charge on any atom is 0.271 e. The summed E-state index contributed by atoms with van der Waals surface area (Å²) in [6.07, 6.45) is 2.03. The molecular weight excluding hydrogens is 424 g/mol. The summed E-state index contributed by atoms with van der Waals surface area (Å²) in [6, 6.07) is 17.4. The van der Waals surface area contributed by atoms with E-state index in [-0.39, 0.29) is 28.6 Å². The molecule has 2 aliphatic heterocycles. The SMILES string of the molecule is CN1c2ccccc2C2CC(NC(=O)Cc3cccs3)CCN2c2ccc([N+](=O)[O-])cc21. The normalized spacial score (nSPS) is 19.4. The average molecular weight is 449 g/mol. The number of hydrogen-bond donors (Lipinski definition) is 1. The topological polar surface area (TPSA) is 78.7 Å². The highest BCUT2D eigenvalue weighted by molar-refractivity contribution is 7.10. The molecule has 2 atom stereocenters. The van der Waals surface area contributed by atoms with Crippen LogP contribution in [0.5, 0.6) is 0 Å². The van der Waals surface area contributed by atoms with Gasteiger partial charge >= 0.3 is 0 Å². The van der Waals surface area contributed by atoms with Crippen molar-refractivity contribution in [2.45, 2.75) is 31.3 Å². The smallest absolute Gasteiger partial charge is 0.271 e. The minimum atomic E-state index is -0.349. The Morgan fingerprint density at radius 2 is 2.00 bits per heavy atom. The van der Waals surface area contributed by atoms with E-state index in [2.05, 4.69) is 22.3 Å². The largest absolute Gasteiger partial charge is 0.363 e. The number of nitro benzene ring substituents is 1. The number of anilines is 3. The molecule has 0 saturated carbocycles. The van der Waals surface area contributed by atoms with Crippen molar-refractivity contribution in [2.24, 2.45) is 0 Å². The standard InChI is InChI=1S/C24H24N4O3S/c1-26-20-7-3-2-6-19(20)22-13-16(25-24(29)15-18-5-4-12-32-18)10-11-27(22)21-9-8-17(28(30)31)14-23(21)26/h2-9,12,14,16,22H,10-11,13,15H2,1H3,(H,25,29). The summed E-state index contributed by atoms with van der Waals surface area (Å²) in [5.41, 5.74) is 4.11. The van der Waals surface area contributed by atoms with Crippen molar-refractivity contribution in [1.82, 2.24) is 5.32 Å². The first-order chi connectivity index (χ1) is 15.5. The lowest BCUT2D eigenvalue weighted by molar-refractivity contribution is -0.384. The van der Waals surface area contributed by atoms with Gasteiger partial charge in [-0.25, -0.2) is 0 Å². The average Bonchev–Trinajstić information content (AvgIpc) is 3.28. The van der Waals surface area contributed by atoms with Gasteiger partial charge in [-0.3, -0.25) is 14.9 Å². The molecule has 0 spiro atoms. The van der Waals surface area contributed by atoms with E-state index in [9.17, 15) is 14.9 Å². The van der Waals surface area contributed by atoms with Crippen LogP contribution >= 0.6 is 11.3 Å². The molecular formula is C24H24N4O3S. The molecule has 0 radical (unpaired) electrons. The minimum absolute atomic E-state index is 0.0564. The fraction of sp³-hybridized carbons (Fsp3) is 0.292. The van der Waals surface area contributed by atoms with Gasteiger partial charge in [-0.15, -0.1) is 11.3 Å². The van der Waals surface area contributed by atoms with Crippen LogP contribution in [0.4, 0.5) is 22.7 Å². The van der Waals surface area contributed by atoms with Gasteiger partial charge in [0.25, 0.3) is 5.69 Å². The molecule has 164 valence electrons. The summed E-state index contributed by atoms with van der Waals surface area (Å²) in [7, 11) is 1.96. The zero-order valence-corrected chi connectivity index (χ0v) is 18.5. The summed E-state index contributed by atoms with van der Waals surface area (Å²) in [5.74, 6) is 0.0564. The van der Waals surface area contributed by atoms with Gasteiger partial charge in [0.2, 0.25) is 5.91 Å². The van der Waals surface area contributed by atoms with Crippen LogP contribution < -0.4 is 15.1 Å². The van der Waals surface area contributed by atoms with Crippen LogP contribution in [0, 0.1) is 10.1 Å². The molecule has 8 heteroatoms. The lowest BCUT2D eigenvalue weighted by Crippen LogP contribution is -2.46. The Morgan fingerprint density at radius 1 is 1.16 bits per heavy atom. The zero-order chi connectivity index (χ0) is 22.2. The second kappa shape index (κ2) is 8.27. The number of nitro groups is 1. The molecule has 7 nitrogen and oxygen atoms in total. The molecule has 0 bridgehead atoms. The molecule has 5 rings (SSSR count). The number of carbonyl (C=O) groups excluding carboxylic acids is 1. The molecule has 1 aromatic heterocycles. The van der Waals surface area contributed by atoms with Crippen LogP contribution in [0.2, 0.25) is 0 Å². The van der Waals surface area contributed by atoms with E-state index in [1.165, 1.54) is 5.56 Å². The molecule has 1 saturated heterocycles. The second-order valence-corrected chi connectivity index (χ2v) is 9.33. The number of hydrogen-bond acceptors (Lipinski definition) is 6. The number of non-ortho nitro benzene ring substituents is 1. The maximum absolute atomic E-state index is 12.6. The molecule has 1 amide bonds. The van der Waals surface area contributed by atoms with Crippen LogP contribution in [0.1, 0.15) is 29.3 Å². The third kappa shape index (κ3) is 3.71. The van der Waals surface area contributed by atoms with Crippen LogP contribution in [0.15, 0.2) is 60.0 Å². The molecule has 2 aliphatic rings. The molecule has 1 N–H and O–H groups in total. The van der Waals surface area contributed by atoms with Gasteiger partial charge in [0, 0.05) is 42.3 Å². The van der Waals surface area contributed by atoms with Crippen molar-refractivity contribution < 1.29 is 9.72 Å². The highest BCUT2D eigenvalue weighted by Crippen LogP contribution is 2.48. The Labute approximate surface area is 190 Å². The number of fused-ring (bicyclic) bond motifs is 5. The van der Waals surface area contributed by atoms with Crippen molar-refractivity contribution in [3.63, 3.8) is 0 Å². The Bertz CT molecular complexity index is 1160. The van der Waals surface area contributed by atoms with Gasteiger partial charge in [0.05, 0.1) is 28.8 Å². The van der Waals surface area contributed by atoms with Crippen LogP contribution in [0.3, 0.4) is 0 Å². The number of carbonyl (C=O) groups is 1. The number of thiophene rings is 1. The second-order valence-electron chi connectivity index (χ2n) is 8.30. The van der Waals surface area contributed by atoms with Crippen LogP contribution in [0.25, 0.3) is 0 Å². The van der Waals surface area contributed by atoms with Crippen LogP contribution in [-0.2, 0) is 11.2 Å². The van der Waals surface area contributed by atoms with Crippen molar-refractivity contribution in [3.8, 4) is 0 Å². The molecule has 3 heterocycles. The van der Waals surface area contributed by atoms with Gasteiger partial charge < -0.3 is 15.1 Å². The quantitative estimate of drug-likeness (QED) is 0.458. The van der Waals surface area contributed by atoms with Gasteiger partial charge in [-0.1, -0.05) is 24.3 Å². The number of para-hydroxylation sites is 1. The predicted octanol–water partition coefficient (Wildman–Crippen LogP) is 4.81. The lowest BCUT2D eigenvalue weighted by atomic mass is 9.90. The molecule has 32 heavy (non-hydrogen) atoms. The van der Waals surface area contributed by atoms with E-state index in [0.717, 1.165) is 41.3 Å². The van der Waals surface area contributed by atoms with E-state index in [1.54, 1.807) is 23.5 Å². The molecule has 1 fully saturated rings. The Balaban J connectivity index is 1.46. The first-order valence-corrected chi connectivity index (χ1v) is 11.6. The number of nitrogens with one attached hydrogen (secondary N) is 1. The Kier molecular flexibility index (Phi) is 5.30. The van der Waals surface area contributed by atoms with E-state index < -0.39 is 0 Å². The number of amides is 1. The fourth-order valence-corrected chi connectivity index (χ4v) is 5.57. The van der Waals surface area contributed by atoms with E-state index >= 15 is 0 Å². The van der Waals surface area contributed by atoms with E-state index in [4.69, 9.17) is 0 Å². The number of rotatable bonds is 4. The minimum Gasteiger partial charge on any atom is -0.363 e. The summed E-state index contributed by atoms with van der Waals surface area (Å²) in [5, 5.41) is 16.6. The fourth-order valence-electron chi connectivity index (χ4n) is 4.87. The van der Waals surface area contributed by atoms with E-state index in [0.29, 0.717) is 6.42 Å². The summed E-state index contributed by atoms with van der Waals surface area (Å²) < 4.78 is 0. The Hall–Kier alpha value is -3.39. The van der Waals surface area contributed by atoms with Gasteiger partial charge in [0.15, 0.2) is 0 Å². The summed E-state index contributed by atoms with van der Waals surface area (Å²) in [4.78, 5) is 29.1. The van der Waals surface area contributed by atoms with Crippen molar-refractivity contribution in [1.29, 1.82) is 0 Å². The van der Waals surface area contributed by atoms with Crippen molar-refractivity contribution >= 4 is 40.0 Å². The van der Waals surface area contributed by atoms with Gasteiger partial charge in [-0.2, -0.15) is 0 Å². The zero-order valence-electron chi connectivity index (χ0n) is 17.7. The third-order valence-electron chi connectivity index (χ3n) is 6.38. The summed E-state index contributed by atoms with van der Waals surface area (Å²) >= 11 is 1.60. The van der Waals surface area contributed by atoms with Crippen LogP contribution in [-0.4, -0.2) is 30.5 Å². The summed E-state index contributed by atoms with van der Waals surface area (Å²) in [6.45, 7) is 0.765. The number of nitrogens with zero attached hydrogens (tertiary/aromatic N) is 3. The molecule has 0 aliphatic carbocycles. The van der Waals surface area contributed by atoms with Gasteiger partial charge in [0.1, 0.15) is 0 Å². The highest BCUT2D eigenvalue weighted by Gasteiger charge is 2.36. The molecule has 2 aromatic carbocycles. The van der Waals surface area contributed by atoms with Crippen molar-refractivity contribution in [3.05, 3.63) is 80.5 Å². The van der Waals surface area contributed by atoms with Crippen molar-refractivity contribution in [2.75, 3.05) is 23.4 Å². The maximum atomic E-state index is 12.6. The number of piperidine rings is 1.